The summed E-state index contributed by atoms with van der Waals surface area (Å²) in [6.45, 7) is 7.03. The minimum Gasteiger partial charge on any atom is -0.311 e. The quantitative estimate of drug-likeness (QED) is 0.690. The van der Waals surface area contributed by atoms with E-state index in [4.69, 9.17) is 0 Å². The van der Waals surface area contributed by atoms with Crippen molar-refractivity contribution in [2.24, 2.45) is 0 Å². The number of likely N-dealkylation sites (tertiary alicyclic amines) is 1. The van der Waals surface area contributed by atoms with Crippen molar-refractivity contribution in [3.63, 3.8) is 0 Å². The van der Waals surface area contributed by atoms with Gasteiger partial charge in [0.05, 0.1) is 0 Å². The molecule has 72 valence electrons. The van der Waals surface area contributed by atoms with Gasteiger partial charge < -0.3 is 10.2 Å². The van der Waals surface area contributed by atoms with Crippen molar-refractivity contribution in [2.75, 3.05) is 20.1 Å². The van der Waals surface area contributed by atoms with Gasteiger partial charge in [0.1, 0.15) is 0 Å². The second kappa shape index (κ2) is 4.83. The normalized spacial score (nSPS) is 24.2. The van der Waals surface area contributed by atoms with Gasteiger partial charge in [-0.2, -0.15) is 0 Å². The van der Waals surface area contributed by atoms with Crippen LogP contribution in [0.4, 0.5) is 0 Å². The molecule has 1 N–H and O–H groups in total. The molecule has 0 bridgehead atoms. The van der Waals surface area contributed by atoms with E-state index in [0.717, 1.165) is 6.04 Å². The van der Waals surface area contributed by atoms with E-state index >= 15 is 0 Å². The summed E-state index contributed by atoms with van der Waals surface area (Å²) in [4.78, 5) is 2.41. The molecular weight excluding hydrogens is 148 g/mol. The fourth-order valence-corrected chi connectivity index (χ4v) is 1.70. The van der Waals surface area contributed by atoms with Crippen molar-refractivity contribution in [1.29, 1.82) is 0 Å². The van der Waals surface area contributed by atoms with Gasteiger partial charge in [-0.25, -0.2) is 0 Å². The van der Waals surface area contributed by atoms with Gasteiger partial charge in [0.2, 0.25) is 0 Å². The van der Waals surface area contributed by atoms with Crippen LogP contribution in [0.5, 0.6) is 0 Å². The summed E-state index contributed by atoms with van der Waals surface area (Å²) in [7, 11) is 2.21. The first-order chi connectivity index (χ1) is 5.72. The summed E-state index contributed by atoms with van der Waals surface area (Å²) in [5.41, 5.74) is 0. The maximum absolute atomic E-state index is 3.66. The molecule has 0 aliphatic carbocycles. The van der Waals surface area contributed by atoms with Crippen LogP contribution in [-0.2, 0) is 0 Å². The highest BCUT2D eigenvalue weighted by atomic mass is 15.1. The largest absolute Gasteiger partial charge is 0.311 e. The highest BCUT2D eigenvalue weighted by Gasteiger charge is 2.16. The first-order valence-corrected chi connectivity index (χ1v) is 5.17. The highest BCUT2D eigenvalue weighted by Crippen LogP contribution is 2.09. The molecule has 1 aliphatic rings. The molecule has 0 aromatic rings. The molecule has 12 heavy (non-hydrogen) atoms. The van der Waals surface area contributed by atoms with E-state index in [1.807, 2.05) is 0 Å². The number of rotatable bonds is 3. The molecule has 0 unspecified atom stereocenters. The third-order valence-electron chi connectivity index (χ3n) is 2.85. The molecule has 1 saturated heterocycles. The van der Waals surface area contributed by atoms with Crippen LogP contribution in [0, 0.1) is 0 Å². The summed E-state index contributed by atoms with van der Waals surface area (Å²) in [5.74, 6) is 0. The Morgan fingerprint density at radius 1 is 1.42 bits per heavy atom. The van der Waals surface area contributed by atoms with Crippen LogP contribution in [0.15, 0.2) is 0 Å². The lowest BCUT2D eigenvalue weighted by atomic mass is 10.0. The van der Waals surface area contributed by atoms with Gasteiger partial charge in [-0.15, -0.1) is 0 Å². The van der Waals surface area contributed by atoms with Gasteiger partial charge in [0, 0.05) is 12.1 Å². The van der Waals surface area contributed by atoms with E-state index in [9.17, 15) is 0 Å². The molecule has 1 heterocycles. The van der Waals surface area contributed by atoms with E-state index in [1.54, 1.807) is 0 Å². The number of nitrogens with one attached hydrogen (secondary N) is 1. The van der Waals surface area contributed by atoms with Crippen molar-refractivity contribution in [2.45, 2.75) is 45.2 Å². The van der Waals surface area contributed by atoms with Gasteiger partial charge in [-0.1, -0.05) is 6.92 Å². The Kier molecular flexibility index (Phi) is 4.02. The van der Waals surface area contributed by atoms with Gasteiger partial charge in [0.15, 0.2) is 0 Å². The monoisotopic (exact) mass is 170 g/mol. The Bertz CT molecular complexity index is 117. The molecule has 0 aromatic carbocycles. The first-order valence-electron chi connectivity index (χ1n) is 5.17. The smallest absolute Gasteiger partial charge is 0.00938 e. The minimum atomic E-state index is 0.693. The lowest BCUT2D eigenvalue weighted by Gasteiger charge is -2.31. The van der Waals surface area contributed by atoms with Crippen molar-refractivity contribution >= 4 is 0 Å². The minimum absolute atomic E-state index is 0.693. The molecule has 1 rings (SSSR count). The lowest BCUT2D eigenvalue weighted by molar-refractivity contribution is 0.225. The van der Waals surface area contributed by atoms with E-state index in [2.05, 4.69) is 31.1 Å². The lowest BCUT2D eigenvalue weighted by Crippen LogP contribution is -2.44. The topological polar surface area (TPSA) is 15.3 Å². The summed E-state index contributed by atoms with van der Waals surface area (Å²) >= 11 is 0. The number of nitrogens with zero attached hydrogens (tertiary/aromatic N) is 1. The average Bonchev–Trinajstić information content (AvgIpc) is 2.09. The Hall–Kier alpha value is -0.0800. The molecule has 1 aliphatic heterocycles. The van der Waals surface area contributed by atoms with Crippen molar-refractivity contribution in [3.8, 4) is 0 Å². The van der Waals surface area contributed by atoms with E-state index in [1.165, 1.54) is 32.4 Å². The third kappa shape index (κ3) is 3.11. The van der Waals surface area contributed by atoms with Crippen LogP contribution in [0.3, 0.4) is 0 Å². The SMILES string of the molecule is CC[C@H](C)NC1CCN(C)CC1. The van der Waals surface area contributed by atoms with Crippen molar-refractivity contribution < 1.29 is 0 Å². The van der Waals surface area contributed by atoms with Crippen LogP contribution in [-0.4, -0.2) is 37.1 Å². The predicted octanol–water partition coefficient (Wildman–Crippen LogP) is 1.47. The van der Waals surface area contributed by atoms with Crippen LogP contribution in [0.25, 0.3) is 0 Å². The third-order valence-corrected chi connectivity index (χ3v) is 2.85. The molecule has 1 fully saturated rings. The summed E-state index contributed by atoms with van der Waals surface area (Å²) in [6.07, 6.45) is 3.88. The average molecular weight is 170 g/mol. The maximum atomic E-state index is 3.66. The maximum Gasteiger partial charge on any atom is 0.00938 e. The molecule has 1 atom stereocenters. The Labute approximate surface area is 76.3 Å². The van der Waals surface area contributed by atoms with E-state index < -0.39 is 0 Å². The molecule has 0 radical (unpaired) electrons. The molecule has 0 amide bonds. The second-order valence-corrected chi connectivity index (χ2v) is 4.05. The standard InChI is InChI=1S/C10H22N2/c1-4-9(2)11-10-5-7-12(3)8-6-10/h9-11H,4-8H2,1-3H3/t9-/m0/s1. The molecule has 2 heteroatoms. The second-order valence-electron chi connectivity index (χ2n) is 4.05. The summed E-state index contributed by atoms with van der Waals surface area (Å²) in [6, 6.07) is 1.47. The van der Waals surface area contributed by atoms with Crippen LogP contribution in [0.1, 0.15) is 33.1 Å². The van der Waals surface area contributed by atoms with E-state index in [0.29, 0.717) is 6.04 Å². The van der Waals surface area contributed by atoms with Gasteiger partial charge >= 0.3 is 0 Å². The first kappa shape index (κ1) is 10.0. The zero-order valence-electron chi connectivity index (χ0n) is 8.64. The predicted molar refractivity (Wildman–Crippen MR) is 53.4 cm³/mol. The molecule has 2 nitrogen and oxygen atoms in total. The Balaban J connectivity index is 2.17. The molecule has 0 saturated carbocycles. The summed E-state index contributed by atoms with van der Waals surface area (Å²) in [5, 5.41) is 3.66. The Morgan fingerprint density at radius 3 is 2.50 bits per heavy atom. The number of hydrogen-bond donors (Lipinski definition) is 1. The molecular formula is C10H22N2. The highest BCUT2D eigenvalue weighted by molar-refractivity contribution is 4.77. The van der Waals surface area contributed by atoms with Crippen molar-refractivity contribution in [3.05, 3.63) is 0 Å². The zero-order valence-corrected chi connectivity index (χ0v) is 8.64. The fourth-order valence-electron chi connectivity index (χ4n) is 1.70. The van der Waals surface area contributed by atoms with Gasteiger partial charge in [-0.3, -0.25) is 0 Å². The number of hydrogen-bond acceptors (Lipinski definition) is 2. The molecule has 0 aromatic heterocycles. The molecule has 0 spiro atoms. The zero-order chi connectivity index (χ0) is 8.97. The van der Waals surface area contributed by atoms with Crippen LogP contribution < -0.4 is 5.32 Å². The van der Waals surface area contributed by atoms with Gasteiger partial charge in [-0.05, 0) is 46.3 Å². The fraction of sp³-hybridized carbons (Fsp3) is 1.00. The van der Waals surface area contributed by atoms with Crippen LogP contribution >= 0.6 is 0 Å². The van der Waals surface area contributed by atoms with E-state index in [-0.39, 0.29) is 0 Å². The summed E-state index contributed by atoms with van der Waals surface area (Å²) < 4.78 is 0. The number of piperidine rings is 1. The Morgan fingerprint density at radius 2 is 2.00 bits per heavy atom. The van der Waals surface area contributed by atoms with Crippen LogP contribution in [0.2, 0.25) is 0 Å². The van der Waals surface area contributed by atoms with Crippen molar-refractivity contribution in [1.82, 2.24) is 10.2 Å². The van der Waals surface area contributed by atoms with Gasteiger partial charge in [0.25, 0.3) is 0 Å².